The Labute approximate surface area is 292 Å². The maximum absolute atomic E-state index is 7.15. The number of hydrogen-bond donors (Lipinski definition) is 0. The molecule has 7 aromatic carbocycles. The van der Waals surface area contributed by atoms with Crippen LogP contribution in [0, 0.1) is 0 Å². The normalized spacial score (nSPS) is 21.8. The molecule has 4 aliphatic rings. The molecule has 0 N–H and O–H groups in total. The molecule has 0 radical (unpaired) electrons. The lowest BCUT2D eigenvalue weighted by Crippen LogP contribution is -2.41. The van der Waals surface area contributed by atoms with Gasteiger partial charge >= 0.3 is 0 Å². The van der Waals surface area contributed by atoms with E-state index in [0.29, 0.717) is 0 Å². The molecule has 1 heteroatoms. The molecule has 7 aromatic rings. The molecule has 0 saturated carbocycles. The topological polar surface area (TPSA) is 9.23 Å². The quantitative estimate of drug-likeness (QED) is 0.183. The van der Waals surface area contributed by atoms with Gasteiger partial charge in [-0.15, -0.1) is 0 Å². The van der Waals surface area contributed by atoms with Gasteiger partial charge in [-0.05, 0) is 78.9 Å². The minimum absolute atomic E-state index is 0.0193. The molecule has 1 aliphatic heterocycles. The van der Waals surface area contributed by atoms with Gasteiger partial charge in [0.25, 0.3) is 0 Å². The second-order valence-corrected chi connectivity index (χ2v) is 14.3. The Morgan fingerprint density at radius 2 is 1.20 bits per heavy atom. The standard InChI is InChI=1S/C49H34O/c1-48(32-16-3-2-4-17-32)41-25-11-12-28-44(41)50-47-37(22-14-27-43(47)48)35-21-13-26-42-45(35)38-20-8-10-24-40(38)49(42)39-23-9-7-19-34(39)36-30-29-31-15-5-6-18-33(31)46(36)49/h2-27,29-30,44H,28H2,1H3. The summed E-state index contributed by atoms with van der Waals surface area (Å²) in [5, 5.41) is 2.59. The number of allylic oxidation sites excluding steroid dienone is 2. The van der Waals surface area contributed by atoms with Gasteiger partial charge in [0.05, 0.1) is 5.41 Å². The fraction of sp³-hybridized carbons (Fsp3) is 0.102. The van der Waals surface area contributed by atoms with Gasteiger partial charge in [0.1, 0.15) is 11.9 Å². The molecule has 3 atom stereocenters. The van der Waals surface area contributed by atoms with Crippen molar-refractivity contribution in [2.75, 3.05) is 0 Å². The Hall–Kier alpha value is -5.92. The van der Waals surface area contributed by atoms with Crippen LogP contribution in [0.15, 0.2) is 175 Å². The van der Waals surface area contributed by atoms with E-state index >= 15 is 0 Å². The van der Waals surface area contributed by atoms with Crippen LogP contribution in [0.3, 0.4) is 0 Å². The minimum Gasteiger partial charge on any atom is -0.485 e. The summed E-state index contributed by atoms with van der Waals surface area (Å²) >= 11 is 0. The van der Waals surface area contributed by atoms with Crippen molar-refractivity contribution in [1.29, 1.82) is 0 Å². The smallest absolute Gasteiger partial charge is 0.132 e. The maximum atomic E-state index is 7.15. The van der Waals surface area contributed by atoms with Crippen molar-refractivity contribution in [3.8, 4) is 39.1 Å². The highest BCUT2D eigenvalue weighted by Gasteiger charge is 2.53. The third-order valence-electron chi connectivity index (χ3n) is 12.1. The largest absolute Gasteiger partial charge is 0.485 e. The second kappa shape index (κ2) is 10.1. The summed E-state index contributed by atoms with van der Waals surface area (Å²) in [4.78, 5) is 0. The molecule has 11 rings (SSSR count). The number of hydrogen-bond acceptors (Lipinski definition) is 1. The lowest BCUT2D eigenvalue weighted by atomic mass is 9.65. The van der Waals surface area contributed by atoms with Gasteiger partial charge in [-0.3, -0.25) is 0 Å². The molecule has 0 aromatic heterocycles. The lowest BCUT2D eigenvalue weighted by molar-refractivity contribution is 0.201. The first-order valence-corrected chi connectivity index (χ1v) is 17.8. The third kappa shape index (κ3) is 3.37. The summed E-state index contributed by atoms with van der Waals surface area (Å²) < 4.78 is 7.15. The van der Waals surface area contributed by atoms with Gasteiger partial charge < -0.3 is 4.74 Å². The summed E-state index contributed by atoms with van der Waals surface area (Å²) in [6, 6.07) is 56.6. The molecule has 0 amide bonds. The lowest BCUT2D eigenvalue weighted by Gasteiger charge is -2.44. The predicted molar refractivity (Wildman–Crippen MR) is 205 cm³/mol. The van der Waals surface area contributed by atoms with E-state index in [1.807, 2.05) is 0 Å². The Balaban J connectivity index is 1.24. The molecule has 0 saturated heterocycles. The Morgan fingerprint density at radius 1 is 0.540 bits per heavy atom. The van der Waals surface area contributed by atoms with Crippen LogP contribution in [-0.2, 0) is 10.8 Å². The van der Waals surface area contributed by atoms with Crippen LogP contribution in [0.1, 0.15) is 46.7 Å². The molecular formula is C49H34O. The molecule has 1 spiro atoms. The number of para-hydroxylation sites is 1. The Bertz CT molecular complexity index is 2620. The number of benzene rings is 7. The first-order valence-electron chi connectivity index (χ1n) is 17.8. The zero-order valence-electron chi connectivity index (χ0n) is 27.9. The van der Waals surface area contributed by atoms with Crippen molar-refractivity contribution in [3.05, 3.63) is 209 Å². The monoisotopic (exact) mass is 638 g/mol. The van der Waals surface area contributed by atoms with Crippen molar-refractivity contribution in [1.82, 2.24) is 0 Å². The average molecular weight is 639 g/mol. The zero-order valence-corrected chi connectivity index (χ0v) is 27.9. The summed E-state index contributed by atoms with van der Waals surface area (Å²) in [5.41, 5.74) is 16.2. The van der Waals surface area contributed by atoms with Crippen LogP contribution < -0.4 is 4.74 Å². The Kier molecular flexibility index (Phi) is 5.63. The maximum Gasteiger partial charge on any atom is 0.132 e. The van der Waals surface area contributed by atoms with Gasteiger partial charge in [0.15, 0.2) is 0 Å². The first kappa shape index (κ1) is 28.0. The summed E-state index contributed by atoms with van der Waals surface area (Å²) in [6.07, 6.45) is 7.58. The molecule has 3 unspecified atom stereocenters. The van der Waals surface area contributed by atoms with E-state index in [0.717, 1.165) is 17.7 Å². The van der Waals surface area contributed by atoms with E-state index in [2.05, 4.69) is 177 Å². The number of ether oxygens (including phenoxy) is 1. The second-order valence-electron chi connectivity index (χ2n) is 14.3. The van der Waals surface area contributed by atoms with Gasteiger partial charge in [-0.25, -0.2) is 0 Å². The highest BCUT2D eigenvalue weighted by molar-refractivity contribution is 6.06. The third-order valence-corrected chi connectivity index (χ3v) is 12.1. The van der Waals surface area contributed by atoms with Crippen LogP contribution in [-0.4, -0.2) is 6.10 Å². The van der Waals surface area contributed by atoms with Crippen molar-refractivity contribution in [3.63, 3.8) is 0 Å². The van der Waals surface area contributed by atoms with E-state index in [9.17, 15) is 0 Å². The average Bonchev–Trinajstić information content (AvgIpc) is 3.66. The molecule has 50 heavy (non-hydrogen) atoms. The van der Waals surface area contributed by atoms with Crippen LogP contribution in [0.4, 0.5) is 0 Å². The molecule has 1 nitrogen and oxygen atoms in total. The molecule has 0 bridgehead atoms. The van der Waals surface area contributed by atoms with Gasteiger partial charge in [0.2, 0.25) is 0 Å². The fourth-order valence-electron chi connectivity index (χ4n) is 10.1. The van der Waals surface area contributed by atoms with E-state index in [-0.39, 0.29) is 11.5 Å². The summed E-state index contributed by atoms with van der Waals surface area (Å²) in [7, 11) is 0. The SMILES string of the molecule is CC1(c2ccccc2)C2=CC=CCC2Oc2c(-c3cccc4c3-c3ccccc3C43c4ccccc4-c4ccc5ccccc5c43)cccc21. The number of fused-ring (bicyclic) bond motifs is 14. The molecular weight excluding hydrogens is 605 g/mol. The van der Waals surface area contributed by atoms with Crippen molar-refractivity contribution >= 4 is 10.8 Å². The zero-order chi connectivity index (χ0) is 33.0. The highest BCUT2D eigenvalue weighted by Crippen LogP contribution is 2.66. The van der Waals surface area contributed by atoms with E-state index in [1.54, 1.807) is 0 Å². The number of rotatable bonds is 2. The van der Waals surface area contributed by atoms with Crippen LogP contribution in [0.5, 0.6) is 5.75 Å². The minimum atomic E-state index is -0.437. The van der Waals surface area contributed by atoms with Crippen LogP contribution >= 0.6 is 0 Å². The summed E-state index contributed by atoms with van der Waals surface area (Å²) in [6.45, 7) is 2.39. The van der Waals surface area contributed by atoms with E-state index < -0.39 is 5.41 Å². The van der Waals surface area contributed by atoms with Crippen molar-refractivity contribution < 1.29 is 4.74 Å². The van der Waals surface area contributed by atoms with E-state index in [1.165, 1.54) is 77.5 Å². The van der Waals surface area contributed by atoms with Crippen molar-refractivity contribution in [2.45, 2.75) is 30.3 Å². The predicted octanol–water partition coefficient (Wildman–Crippen LogP) is 11.8. The molecule has 0 fully saturated rings. The highest BCUT2D eigenvalue weighted by atomic mass is 16.5. The van der Waals surface area contributed by atoms with Crippen molar-refractivity contribution in [2.24, 2.45) is 0 Å². The van der Waals surface area contributed by atoms with Gasteiger partial charge in [-0.1, -0.05) is 170 Å². The fourth-order valence-corrected chi connectivity index (χ4v) is 10.1. The van der Waals surface area contributed by atoms with Gasteiger partial charge in [0, 0.05) is 23.0 Å². The van der Waals surface area contributed by atoms with Gasteiger partial charge in [-0.2, -0.15) is 0 Å². The van der Waals surface area contributed by atoms with Crippen LogP contribution in [0.2, 0.25) is 0 Å². The van der Waals surface area contributed by atoms with Crippen LogP contribution in [0.25, 0.3) is 44.2 Å². The summed E-state index contributed by atoms with van der Waals surface area (Å²) in [5.74, 6) is 1.00. The Morgan fingerprint density at radius 3 is 2.06 bits per heavy atom. The first-order chi connectivity index (χ1) is 24.7. The molecule has 1 heterocycles. The molecule has 236 valence electrons. The van der Waals surface area contributed by atoms with E-state index in [4.69, 9.17) is 4.74 Å². The molecule has 3 aliphatic carbocycles.